The van der Waals surface area contributed by atoms with E-state index in [2.05, 4.69) is 31.8 Å². The van der Waals surface area contributed by atoms with E-state index < -0.39 is 0 Å². The molecule has 1 aliphatic carbocycles. The van der Waals surface area contributed by atoms with Crippen molar-refractivity contribution in [3.63, 3.8) is 0 Å². The summed E-state index contributed by atoms with van der Waals surface area (Å²) in [5, 5.41) is 3.64. The minimum atomic E-state index is 0.768. The summed E-state index contributed by atoms with van der Waals surface area (Å²) in [7, 11) is 0. The third-order valence-electron chi connectivity index (χ3n) is 3.35. The fourth-order valence-corrected chi connectivity index (χ4v) is 2.41. The molecule has 0 aliphatic heterocycles. The molecule has 3 atom stereocenters. The molecule has 1 heteroatoms. The molecule has 0 heterocycles. The summed E-state index contributed by atoms with van der Waals surface area (Å²) in [6.45, 7) is 9.62. The summed E-state index contributed by atoms with van der Waals surface area (Å²) >= 11 is 0. The van der Waals surface area contributed by atoms with Crippen molar-refractivity contribution in [3.05, 3.63) is 12.7 Å². The molecule has 0 bridgehead atoms. The first-order valence-corrected chi connectivity index (χ1v) is 5.63. The van der Waals surface area contributed by atoms with Crippen LogP contribution in [0.1, 0.15) is 39.5 Å². The summed E-state index contributed by atoms with van der Waals surface area (Å²) in [6.07, 6.45) is 7.26. The van der Waals surface area contributed by atoms with Gasteiger partial charge in [0, 0.05) is 6.04 Å². The lowest BCUT2D eigenvalue weighted by Gasteiger charge is -2.20. The third-order valence-corrected chi connectivity index (χ3v) is 3.35. The average Bonchev–Trinajstić information content (AvgIpc) is 2.46. The Morgan fingerprint density at radius 1 is 1.46 bits per heavy atom. The molecule has 1 aliphatic rings. The normalized spacial score (nSPS) is 33.5. The fraction of sp³-hybridized carbons (Fsp3) is 0.833. The molecule has 0 radical (unpaired) electrons. The molecular formula is C12H23N. The van der Waals surface area contributed by atoms with Crippen LogP contribution >= 0.6 is 0 Å². The van der Waals surface area contributed by atoms with Crippen molar-refractivity contribution in [1.29, 1.82) is 0 Å². The topological polar surface area (TPSA) is 12.0 Å². The maximum Gasteiger partial charge on any atom is 0.00955 e. The van der Waals surface area contributed by atoms with Crippen LogP contribution in [0.15, 0.2) is 12.7 Å². The van der Waals surface area contributed by atoms with E-state index in [1.54, 1.807) is 0 Å². The van der Waals surface area contributed by atoms with Crippen LogP contribution in [0.3, 0.4) is 0 Å². The number of hydrogen-bond donors (Lipinski definition) is 1. The molecule has 1 nitrogen and oxygen atoms in total. The maximum atomic E-state index is 3.83. The predicted molar refractivity (Wildman–Crippen MR) is 58.8 cm³/mol. The van der Waals surface area contributed by atoms with E-state index in [0.29, 0.717) is 0 Å². The minimum absolute atomic E-state index is 0.768. The van der Waals surface area contributed by atoms with Crippen molar-refractivity contribution < 1.29 is 0 Å². The Balaban J connectivity index is 2.31. The maximum absolute atomic E-state index is 3.83. The Morgan fingerprint density at radius 3 is 2.85 bits per heavy atom. The summed E-state index contributed by atoms with van der Waals surface area (Å²) in [5.41, 5.74) is 0. The lowest BCUT2D eigenvalue weighted by atomic mass is 9.93. The SMILES string of the molecule is C=CCC1CCC(NCCC)C1C. The third kappa shape index (κ3) is 2.84. The van der Waals surface area contributed by atoms with Gasteiger partial charge in [0.1, 0.15) is 0 Å². The van der Waals surface area contributed by atoms with E-state index in [1.165, 1.54) is 32.2 Å². The van der Waals surface area contributed by atoms with Gasteiger partial charge in [-0.15, -0.1) is 6.58 Å². The number of nitrogens with one attached hydrogen (secondary N) is 1. The van der Waals surface area contributed by atoms with Gasteiger partial charge in [0.15, 0.2) is 0 Å². The highest BCUT2D eigenvalue weighted by Gasteiger charge is 2.30. The number of allylic oxidation sites excluding steroid dienone is 1. The molecule has 3 unspecified atom stereocenters. The zero-order valence-electron chi connectivity index (χ0n) is 9.05. The lowest BCUT2D eigenvalue weighted by molar-refractivity contribution is 0.355. The van der Waals surface area contributed by atoms with Gasteiger partial charge < -0.3 is 5.32 Å². The van der Waals surface area contributed by atoms with Crippen molar-refractivity contribution in [1.82, 2.24) is 5.32 Å². The highest BCUT2D eigenvalue weighted by atomic mass is 14.9. The average molecular weight is 181 g/mol. The Hall–Kier alpha value is -0.300. The van der Waals surface area contributed by atoms with E-state index in [0.717, 1.165) is 17.9 Å². The van der Waals surface area contributed by atoms with Gasteiger partial charge >= 0.3 is 0 Å². The zero-order chi connectivity index (χ0) is 9.68. The lowest BCUT2D eigenvalue weighted by Crippen LogP contribution is -2.33. The van der Waals surface area contributed by atoms with E-state index in [4.69, 9.17) is 0 Å². The molecule has 0 aromatic rings. The van der Waals surface area contributed by atoms with Crippen LogP contribution in [0.4, 0.5) is 0 Å². The number of hydrogen-bond acceptors (Lipinski definition) is 1. The minimum Gasteiger partial charge on any atom is -0.314 e. The van der Waals surface area contributed by atoms with Crippen molar-refractivity contribution >= 4 is 0 Å². The molecule has 76 valence electrons. The molecule has 0 spiro atoms. The first-order chi connectivity index (χ1) is 6.29. The first-order valence-electron chi connectivity index (χ1n) is 5.63. The van der Waals surface area contributed by atoms with Gasteiger partial charge in [0.25, 0.3) is 0 Å². The van der Waals surface area contributed by atoms with Crippen molar-refractivity contribution in [2.45, 2.75) is 45.6 Å². The Bertz CT molecular complexity index is 153. The zero-order valence-corrected chi connectivity index (χ0v) is 9.05. The second-order valence-corrected chi connectivity index (χ2v) is 4.28. The largest absolute Gasteiger partial charge is 0.314 e. The molecule has 1 rings (SSSR count). The summed E-state index contributed by atoms with van der Waals surface area (Å²) in [4.78, 5) is 0. The standard InChI is InChI=1S/C12H23N/c1-4-6-11-7-8-12(10(11)3)13-9-5-2/h4,10-13H,1,5-9H2,2-3H3. The molecular weight excluding hydrogens is 158 g/mol. The van der Waals surface area contributed by atoms with Crippen molar-refractivity contribution in [2.24, 2.45) is 11.8 Å². The van der Waals surface area contributed by atoms with Crippen molar-refractivity contribution in [2.75, 3.05) is 6.54 Å². The Kier molecular flexibility index (Phi) is 4.51. The van der Waals surface area contributed by atoms with Gasteiger partial charge in [-0.05, 0) is 44.1 Å². The second-order valence-electron chi connectivity index (χ2n) is 4.28. The molecule has 0 aromatic heterocycles. The Labute approximate surface area is 82.6 Å². The van der Waals surface area contributed by atoms with Crippen LogP contribution in [0, 0.1) is 11.8 Å². The van der Waals surface area contributed by atoms with Crippen LogP contribution < -0.4 is 5.32 Å². The summed E-state index contributed by atoms with van der Waals surface area (Å²) in [5.74, 6) is 1.72. The number of rotatable bonds is 5. The van der Waals surface area contributed by atoms with Gasteiger partial charge in [-0.3, -0.25) is 0 Å². The van der Waals surface area contributed by atoms with E-state index >= 15 is 0 Å². The quantitative estimate of drug-likeness (QED) is 0.643. The molecule has 1 saturated carbocycles. The fourth-order valence-electron chi connectivity index (χ4n) is 2.41. The molecule has 13 heavy (non-hydrogen) atoms. The van der Waals surface area contributed by atoms with Crippen LogP contribution in [0.2, 0.25) is 0 Å². The first kappa shape index (κ1) is 10.8. The molecule has 0 saturated heterocycles. The Morgan fingerprint density at radius 2 is 2.23 bits per heavy atom. The highest BCUT2D eigenvalue weighted by molar-refractivity contribution is 4.89. The van der Waals surface area contributed by atoms with Gasteiger partial charge in [0.05, 0.1) is 0 Å². The predicted octanol–water partition coefficient (Wildman–Crippen LogP) is 2.98. The van der Waals surface area contributed by atoms with Gasteiger partial charge in [-0.25, -0.2) is 0 Å². The smallest absolute Gasteiger partial charge is 0.00955 e. The monoisotopic (exact) mass is 181 g/mol. The summed E-state index contributed by atoms with van der Waals surface area (Å²) < 4.78 is 0. The second kappa shape index (κ2) is 5.43. The molecule has 1 N–H and O–H groups in total. The van der Waals surface area contributed by atoms with E-state index in [9.17, 15) is 0 Å². The summed E-state index contributed by atoms with van der Waals surface area (Å²) in [6, 6.07) is 0.768. The van der Waals surface area contributed by atoms with E-state index in [-0.39, 0.29) is 0 Å². The van der Waals surface area contributed by atoms with Crippen molar-refractivity contribution in [3.8, 4) is 0 Å². The van der Waals surface area contributed by atoms with Gasteiger partial charge in [0.2, 0.25) is 0 Å². The molecule has 1 fully saturated rings. The van der Waals surface area contributed by atoms with Crippen LogP contribution in [-0.2, 0) is 0 Å². The van der Waals surface area contributed by atoms with Crippen LogP contribution in [-0.4, -0.2) is 12.6 Å². The van der Waals surface area contributed by atoms with Gasteiger partial charge in [-0.2, -0.15) is 0 Å². The van der Waals surface area contributed by atoms with Gasteiger partial charge in [-0.1, -0.05) is 19.9 Å². The molecule has 0 aromatic carbocycles. The van der Waals surface area contributed by atoms with Crippen LogP contribution in [0.5, 0.6) is 0 Å². The van der Waals surface area contributed by atoms with E-state index in [1.807, 2.05) is 0 Å². The highest BCUT2D eigenvalue weighted by Crippen LogP contribution is 2.34. The molecule has 0 amide bonds. The van der Waals surface area contributed by atoms with Crippen LogP contribution in [0.25, 0.3) is 0 Å².